The van der Waals surface area contributed by atoms with Crippen LogP contribution in [0.25, 0.3) is 11.4 Å². The lowest BCUT2D eigenvalue weighted by Gasteiger charge is -2.22. The van der Waals surface area contributed by atoms with E-state index in [0.29, 0.717) is 30.5 Å². The molecule has 0 bridgehead atoms. The number of hydrogen-bond acceptors (Lipinski definition) is 5. The third kappa shape index (κ3) is 4.54. The van der Waals surface area contributed by atoms with Gasteiger partial charge in [-0.2, -0.15) is 16.3 Å². The van der Waals surface area contributed by atoms with Gasteiger partial charge in [-0.05, 0) is 22.9 Å². The molecule has 0 spiro atoms. The Bertz CT molecular complexity index is 797. The normalized spacial score (nSPS) is 12.3. The second-order valence-electron chi connectivity index (χ2n) is 6.22. The predicted molar refractivity (Wildman–Crippen MR) is 98.1 cm³/mol. The van der Waals surface area contributed by atoms with Gasteiger partial charge in [0, 0.05) is 23.8 Å². The minimum atomic E-state index is -0.0159. The Hall–Kier alpha value is -2.47. The van der Waals surface area contributed by atoms with E-state index < -0.39 is 0 Å². The van der Waals surface area contributed by atoms with Crippen molar-refractivity contribution in [2.24, 2.45) is 5.92 Å². The second kappa shape index (κ2) is 8.07. The quantitative estimate of drug-likeness (QED) is 0.688. The van der Waals surface area contributed by atoms with Crippen molar-refractivity contribution in [3.05, 3.63) is 58.6 Å². The molecule has 0 radical (unpaired) electrons. The van der Waals surface area contributed by atoms with Crippen LogP contribution in [0.1, 0.15) is 37.8 Å². The summed E-state index contributed by atoms with van der Waals surface area (Å²) < 4.78 is 5.24. The first-order chi connectivity index (χ1) is 12.1. The zero-order chi connectivity index (χ0) is 17.6. The molecule has 0 fully saturated rings. The summed E-state index contributed by atoms with van der Waals surface area (Å²) in [6.07, 6.45) is 0.754. The first kappa shape index (κ1) is 17.4. The van der Waals surface area contributed by atoms with E-state index >= 15 is 0 Å². The summed E-state index contributed by atoms with van der Waals surface area (Å²) in [6, 6.07) is 12.0. The van der Waals surface area contributed by atoms with Crippen LogP contribution >= 0.6 is 11.3 Å². The van der Waals surface area contributed by atoms with Crippen LogP contribution in [0.3, 0.4) is 0 Å². The van der Waals surface area contributed by atoms with Crippen LogP contribution in [0.5, 0.6) is 0 Å². The number of amides is 1. The van der Waals surface area contributed by atoms with Crippen LogP contribution < -0.4 is 5.32 Å². The highest BCUT2D eigenvalue weighted by molar-refractivity contribution is 7.08. The van der Waals surface area contributed by atoms with E-state index in [0.717, 1.165) is 11.1 Å². The molecule has 25 heavy (non-hydrogen) atoms. The fraction of sp³-hybridized carbons (Fsp3) is 0.316. The first-order valence-corrected chi connectivity index (χ1v) is 9.27. The van der Waals surface area contributed by atoms with Crippen molar-refractivity contribution in [2.75, 3.05) is 0 Å². The number of carbonyl (C=O) groups excluding carboxylic acids is 1. The van der Waals surface area contributed by atoms with Crippen molar-refractivity contribution in [1.29, 1.82) is 0 Å². The highest BCUT2D eigenvalue weighted by atomic mass is 32.1. The Morgan fingerprint density at radius 2 is 2.04 bits per heavy atom. The zero-order valence-electron chi connectivity index (χ0n) is 14.3. The molecule has 1 N–H and O–H groups in total. The summed E-state index contributed by atoms with van der Waals surface area (Å²) in [7, 11) is 0. The largest absolute Gasteiger partial charge is 0.349 e. The topological polar surface area (TPSA) is 68.0 Å². The van der Waals surface area contributed by atoms with Crippen LogP contribution in [0.2, 0.25) is 0 Å². The van der Waals surface area contributed by atoms with Gasteiger partial charge >= 0.3 is 0 Å². The summed E-state index contributed by atoms with van der Waals surface area (Å²) in [5.41, 5.74) is 2.05. The lowest BCUT2D eigenvalue weighted by Crippen LogP contribution is -2.31. The molecule has 0 saturated heterocycles. The number of carbonyl (C=O) groups is 1. The minimum absolute atomic E-state index is 0.00208. The van der Waals surface area contributed by atoms with Gasteiger partial charge in [0.05, 0.1) is 6.04 Å². The fourth-order valence-corrected chi connectivity index (χ4v) is 3.26. The van der Waals surface area contributed by atoms with Gasteiger partial charge in [0.2, 0.25) is 17.6 Å². The highest BCUT2D eigenvalue weighted by Crippen LogP contribution is 2.22. The molecular weight excluding hydrogens is 334 g/mol. The summed E-state index contributed by atoms with van der Waals surface area (Å²) >= 11 is 1.58. The Morgan fingerprint density at radius 1 is 1.24 bits per heavy atom. The van der Waals surface area contributed by atoms with E-state index in [1.54, 1.807) is 11.3 Å². The third-order valence-corrected chi connectivity index (χ3v) is 4.64. The Balaban J connectivity index is 1.57. The lowest BCUT2D eigenvalue weighted by atomic mass is 9.96. The summed E-state index contributed by atoms with van der Waals surface area (Å²) in [5, 5.41) is 11.0. The third-order valence-electron chi connectivity index (χ3n) is 3.96. The summed E-state index contributed by atoms with van der Waals surface area (Å²) in [4.78, 5) is 16.7. The molecule has 0 aliphatic rings. The van der Waals surface area contributed by atoms with E-state index in [4.69, 9.17) is 4.52 Å². The van der Waals surface area contributed by atoms with E-state index in [1.807, 2.05) is 47.2 Å². The van der Waals surface area contributed by atoms with Gasteiger partial charge in [-0.25, -0.2) is 0 Å². The minimum Gasteiger partial charge on any atom is -0.349 e. The molecule has 6 heteroatoms. The zero-order valence-corrected chi connectivity index (χ0v) is 15.1. The van der Waals surface area contributed by atoms with Gasteiger partial charge in [-0.15, -0.1) is 0 Å². The summed E-state index contributed by atoms with van der Waals surface area (Å²) in [5.74, 6) is 1.34. The maximum Gasteiger partial charge on any atom is 0.227 e. The Labute approximate surface area is 151 Å². The van der Waals surface area contributed by atoms with Crippen molar-refractivity contribution in [3.8, 4) is 11.4 Å². The molecule has 1 unspecified atom stereocenters. The van der Waals surface area contributed by atoms with Crippen molar-refractivity contribution < 1.29 is 9.32 Å². The summed E-state index contributed by atoms with van der Waals surface area (Å²) in [6.45, 7) is 4.20. The monoisotopic (exact) mass is 355 g/mol. The van der Waals surface area contributed by atoms with Crippen molar-refractivity contribution >= 4 is 17.2 Å². The second-order valence-corrected chi connectivity index (χ2v) is 7.00. The van der Waals surface area contributed by atoms with Gasteiger partial charge in [0.15, 0.2) is 0 Å². The molecule has 2 aromatic heterocycles. The molecule has 1 amide bonds. The molecule has 130 valence electrons. The Kier molecular flexibility index (Phi) is 5.60. The van der Waals surface area contributed by atoms with Crippen LogP contribution in [0.4, 0.5) is 0 Å². The van der Waals surface area contributed by atoms with Gasteiger partial charge in [0.25, 0.3) is 0 Å². The molecule has 3 aromatic rings. The lowest BCUT2D eigenvalue weighted by molar-refractivity contribution is -0.122. The van der Waals surface area contributed by atoms with E-state index in [9.17, 15) is 4.79 Å². The van der Waals surface area contributed by atoms with Gasteiger partial charge in [-0.1, -0.05) is 49.3 Å². The van der Waals surface area contributed by atoms with Gasteiger partial charge in [0.1, 0.15) is 0 Å². The van der Waals surface area contributed by atoms with E-state index in [-0.39, 0.29) is 11.9 Å². The van der Waals surface area contributed by atoms with Crippen molar-refractivity contribution in [1.82, 2.24) is 15.5 Å². The molecule has 0 aliphatic carbocycles. The van der Waals surface area contributed by atoms with Crippen LogP contribution in [0.15, 0.2) is 51.7 Å². The molecule has 5 nitrogen and oxygen atoms in total. The smallest absolute Gasteiger partial charge is 0.227 e. The van der Waals surface area contributed by atoms with Crippen molar-refractivity contribution in [2.45, 2.75) is 32.7 Å². The number of hydrogen-bond donors (Lipinski definition) is 1. The average molecular weight is 355 g/mol. The number of benzene rings is 1. The molecular formula is C19H21N3O2S. The molecule has 0 aliphatic heterocycles. The van der Waals surface area contributed by atoms with Crippen molar-refractivity contribution in [3.63, 3.8) is 0 Å². The number of rotatable bonds is 7. The van der Waals surface area contributed by atoms with Gasteiger partial charge < -0.3 is 9.84 Å². The molecule has 3 rings (SSSR count). The molecule has 0 saturated carbocycles. The number of nitrogens with zero attached hydrogens (tertiary/aromatic N) is 2. The van der Waals surface area contributed by atoms with Gasteiger partial charge in [-0.3, -0.25) is 4.79 Å². The van der Waals surface area contributed by atoms with Crippen LogP contribution in [-0.4, -0.2) is 16.0 Å². The standard InChI is InChI=1S/C19H21N3O2S/c1-13(2)18(14-6-4-3-5-7-14)20-16(23)8-9-17-21-19(22-24-17)15-10-11-25-12-15/h3-7,10-13,18H,8-9H2,1-2H3,(H,20,23). The molecule has 1 atom stereocenters. The van der Waals surface area contributed by atoms with E-state index in [1.165, 1.54) is 0 Å². The molecule has 1 aromatic carbocycles. The van der Waals surface area contributed by atoms with Crippen LogP contribution in [0, 0.1) is 5.92 Å². The number of nitrogens with one attached hydrogen (secondary N) is 1. The SMILES string of the molecule is CC(C)C(NC(=O)CCc1nc(-c2ccsc2)no1)c1ccccc1. The predicted octanol–water partition coefficient (Wildman–Crippen LogP) is 4.24. The Morgan fingerprint density at radius 3 is 2.72 bits per heavy atom. The first-order valence-electron chi connectivity index (χ1n) is 8.33. The van der Waals surface area contributed by atoms with Crippen LogP contribution in [-0.2, 0) is 11.2 Å². The number of aryl methyl sites for hydroxylation is 1. The fourth-order valence-electron chi connectivity index (χ4n) is 2.63. The highest BCUT2D eigenvalue weighted by Gasteiger charge is 2.18. The maximum absolute atomic E-state index is 12.3. The maximum atomic E-state index is 12.3. The van der Waals surface area contributed by atoms with E-state index in [2.05, 4.69) is 29.3 Å². The number of aromatic nitrogens is 2. The number of thiophene rings is 1. The average Bonchev–Trinajstić information content (AvgIpc) is 3.29. The molecule has 2 heterocycles.